The van der Waals surface area contributed by atoms with Crippen LogP contribution in [0, 0.1) is 12.8 Å². The van der Waals surface area contributed by atoms with E-state index in [0.29, 0.717) is 5.92 Å². The molecule has 3 aromatic rings. The number of piperidine rings is 1. The molecule has 0 radical (unpaired) electrons. The van der Waals surface area contributed by atoms with Gasteiger partial charge >= 0.3 is 0 Å². The number of rotatable bonds is 4. The highest BCUT2D eigenvalue weighted by atomic mass is 32.1. The van der Waals surface area contributed by atoms with Crippen molar-refractivity contribution in [2.45, 2.75) is 44.9 Å². The molecule has 0 unspecified atom stereocenters. The number of benzene rings is 1. The minimum atomic E-state index is 0.0541. The Balaban J connectivity index is 1.33. The van der Waals surface area contributed by atoms with Gasteiger partial charge in [0, 0.05) is 40.9 Å². The summed E-state index contributed by atoms with van der Waals surface area (Å²) >= 11 is 1.76. The van der Waals surface area contributed by atoms with Crippen molar-refractivity contribution in [3.63, 3.8) is 0 Å². The van der Waals surface area contributed by atoms with Gasteiger partial charge in [-0.25, -0.2) is 9.97 Å². The Bertz CT molecular complexity index is 1020. The molecule has 3 heterocycles. The number of thiophene rings is 1. The summed E-state index contributed by atoms with van der Waals surface area (Å²) in [5.41, 5.74) is 1.96. The van der Waals surface area contributed by atoms with E-state index in [2.05, 4.69) is 22.5 Å². The molecule has 2 aromatic heterocycles. The molecule has 5 nitrogen and oxygen atoms in total. The fourth-order valence-electron chi connectivity index (χ4n) is 4.31. The maximum Gasteiger partial charge on any atom is 0.227 e. The molecular weight excluding hydrogens is 380 g/mol. The summed E-state index contributed by atoms with van der Waals surface area (Å²) in [4.78, 5) is 26.2. The molecule has 6 heteroatoms. The highest BCUT2D eigenvalue weighted by molar-refractivity contribution is 7.11. The molecule has 1 saturated carbocycles. The Hall–Kier alpha value is -2.47. The van der Waals surface area contributed by atoms with Crippen LogP contribution in [0.5, 0.6) is 0 Å². The topological polar surface area (TPSA) is 58.1 Å². The Morgan fingerprint density at radius 3 is 2.55 bits per heavy atom. The van der Waals surface area contributed by atoms with E-state index in [1.165, 1.54) is 29.5 Å². The summed E-state index contributed by atoms with van der Waals surface area (Å²) in [6.07, 6.45) is 5.40. The van der Waals surface area contributed by atoms with Crippen LogP contribution in [0.2, 0.25) is 0 Å². The summed E-state index contributed by atoms with van der Waals surface area (Å²) < 4.78 is 0. The predicted molar refractivity (Wildman–Crippen MR) is 119 cm³/mol. The number of nitrogens with zero attached hydrogens (tertiary/aromatic N) is 3. The number of aromatic nitrogens is 2. The molecule has 150 valence electrons. The molecule has 1 saturated heterocycles. The minimum Gasteiger partial charge on any atom is -0.356 e. The van der Waals surface area contributed by atoms with Gasteiger partial charge in [-0.3, -0.25) is 4.79 Å². The summed E-state index contributed by atoms with van der Waals surface area (Å²) in [6.45, 7) is 3.87. The number of para-hydroxylation sites is 1. The van der Waals surface area contributed by atoms with E-state index in [1.54, 1.807) is 11.3 Å². The number of fused-ring (bicyclic) bond motifs is 1. The van der Waals surface area contributed by atoms with Crippen molar-refractivity contribution in [2.24, 2.45) is 5.92 Å². The maximum atomic E-state index is 12.7. The summed E-state index contributed by atoms with van der Waals surface area (Å²) in [7, 11) is 0. The van der Waals surface area contributed by atoms with E-state index in [-0.39, 0.29) is 11.8 Å². The molecule has 2 fully saturated rings. The smallest absolute Gasteiger partial charge is 0.227 e. The third kappa shape index (κ3) is 3.62. The van der Waals surface area contributed by atoms with Crippen molar-refractivity contribution in [1.82, 2.24) is 9.97 Å². The van der Waals surface area contributed by atoms with Crippen molar-refractivity contribution in [3.8, 4) is 0 Å². The molecule has 0 bridgehead atoms. The molecule has 5 rings (SSSR count). The van der Waals surface area contributed by atoms with Crippen molar-refractivity contribution in [3.05, 3.63) is 46.4 Å². The van der Waals surface area contributed by atoms with E-state index >= 15 is 0 Å². The first-order valence-corrected chi connectivity index (χ1v) is 11.4. The Morgan fingerprint density at radius 1 is 1.10 bits per heavy atom. The van der Waals surface area contributed by atoms with Gasteiger partial charge in [0.25, 0.3) is 0 Å². The van der Waals surface area contributed by atoms with Crippen LogP contribution >= 0.6 is 11.3 Å². The lowest BCUT2D eigenvalue weighted by Crippen LogP contribution is -2.39. The number of hydrogen-bond acceptors (Lipinski definition) is 5. The van der Waals surface area contributed by atoms with Crippen molar-refractivity contribution in [2.75, 3.05) is 23.3 Å². The van der Waals surface area contributed by atoms with Crippen LogP contribution < -0.4 is 10.2 Å². The third-order valence-electron chi connectivity index (χ3n) is 6.31. The van der Waals surface area contributed by atoms with E-state index in [1.807, 2.05) is 30.3 Å². The van der Waals surface area contributed by atoms with Crippen molar-refractivity contribution < 1.29 is 4.79 Å². The highest BCUT2D eigenvalue weighted by Gasteiger charge is 2.29. The molecule has 29 heavy (non-hydrogen) atoms. The Labute approximate surface area is 175 Å². The summed E-state index contributed by atoms with van der Waals surface area (Å²) in [5, 5.41) is 6.42. The molecule has 1 aromatic carbocycles. The zero-order chi connectivity index (χ0) is 19.8. The van der Waals surface area contributed by atoms with Gasteiger partial charge in [0.15, 0.2) is 0 Å². The minimum absolute atomic E-state index is 0.0541. The number of amides is 1. The van der Waals surface area contributed by atoms with Crippen molar-refractivity contribution >= 4 is 39.7 Å². The normalized spacial score (nSPS) is 18.0. The van der Waals surface area contributed by atoms with E-state index in [0.717, 1.165) is 48.8 Å². The first-order chi connectivity index (χ1) is 14.2. The monoisotopic (exact) mass is 406 g/mol. The molecular formula is C23H26N4OS. The number of nitrogens with one attached hydrogen (secondary N) is 1. The second kappa shape index (κ2) is 7.75. The van der Waals surface area contributed by atoms with Gasteiger partial charge in [0.2, 0.25) is 5.91 Å². The third-order valence-corrected chi connectivity index (χ3v) is 7.21. The van der Waals surface area contributed by atoms with Gasteiger partial charge in [-0.05, 0) is 44.7 Å². The Morgan fingerprint density at radius 2 is 1.86 bits per heavy atom. The van der Waals surface area contributed by atoms with Gasteiger partial charge in [-0.2, -0.15) is 0 Å². The van der Waals surface area contributed by atoms with Crippen LogP contribution in [0.3, 0.4) is 0 Å². The van der Waals surface area contributed by atoms with Gasteiger partial charge in [0.05, 0.1) is 10.9 Å². The predicted octanol–water partition coefficient (Wildman–Crippen LogP) is 5.12. The molecule has 0 spiro atoms. The lowest BCUT2D eigenvalue weighted by Gasteiger charge is -2.33. The van der Waals surface area contributed by atoms with Crippen LogP contribution in [-0.2, 0) is 4.79 Å². The Kier molecular flexibility index (Phi) is 4.96. The first-order valence-electron chi connectivity index (χ1n) is 10.6. The zero-order valence-electron chi connectivity index (χ0n) is 16.7. The largest absolute Gasteiger partial charge is 0.356 e. The van der Waals surface area contributed by atoms with Gasteiger partial charge in [0.1, 0.15) is 11.6 Å². The summed E-state index contributed by atoms with van der Waals surface area (Å²) in [6, 6.07) is 9.72. The van der Waals surface area contributed by atoms with E-state index < -0.39 is 0 Å². The molecule has 1 aliphatic heterocycles. The lowest BCUT2D eigenvalue weighted by atomic mass is 9.85. The second-order valence-corrected chi connectivity index (χ2v) is 9.29. The van der Waals surface area contributed by atoms with Crippen LogP contribution in [0.15, 0.2) is 35.7 Å². The van der Waals surface area contributed by atoms with Gasteiger partial charge in [-0.15, -0.1) is 11.3 Å². The van der Waals surface area contributed by atoms with E-state index in [4.69, 9.17) is 9.97 Å². The zero-order valence-corrected chi connectivity index (χ0v) is 17.5. The van der Waals surface area contributed by atoms with Crippen LogP contribution in [0.1, 0.15) is 48.7 Å². The highest BCUT2D eigenvalue weighted by Crippen LogP contribution is 2.39. The van der Waals surface area contributed by atoms with Crippen LogP contribution in [0.25, 0.3) is 10.9 Å². The molecule has 1 N–H and O–H groups in total. The maximum absolute atomic E-state index is 12.7. The standard InChI is InChI=1S/C23H26N4OS/c1-15-20-19(14-29-15)25-21(16-6-5-7-16)26-22(20)27-12-10-17(11-13-27)23(28)24-18-8-3-2-4-9-18/h2-4,8-9,14,16-17H,5-7,10-13H2,1H3,(H,24,28). The number of carbonyl (C=O) groups is 1. The van der Waals surface area contributed by atoms with Crippen LogP contribution in [0.4, 0.5) is 11.5 Å². The number of carbonyl (C=O) groups excluding carboxylic acids is 1. The number of anilines is 2. The first kappa shape index (κ1) is 18.6. The average Bonchev–Trinajstić information content (AvgIpc) is 3.08. The molecule has 1 amide bonds. The van der Waals surface area contributed by atoms with Gasteiger partial charge < -0.3 is 10.2 Å². The fourth-order valence-corrected chi connectivity index (χ4v) is 5.08. The number of hydrogen-bond donors (Lipinski definition) is 1. The SMILES string of the molecule is Cc1scc2nc(C3CCC3)nc(N3CCC(C(=O)Nc4ccccc4)CC3)c12. The summed E-state index contributed by atoms with van der Waals surface area (Å²) in [5.74, 6) is 2.80. The van der Waals surface area contributed by atoms with Gasteiger partial charge in [-0.1, -0.05) is 24.6 Å². The second-order valence-electron chi connectivity index (χ2n) is 8.20. The molecule has 2 aliphatic rings. The van der Waals surface area contributed by atoms with Crippen LogP contribution in [-0.4, -0.2) is 29.0 Å². The van der Waals surface area contributed by atoms with E-state index in [9.17, 15) is 4.79 Å². The number of aryl methyl sites for hydroxylation is 1. The molecule has 1 aliphatic carbocycles. The average molecular weight is 407 g/mol. The lowest BCUT2D eigenvalue weighted by molar-refractivity contribution is -0.120. The fraction of sp³-hybridized carbons (Fsp3) is 0.435. The van der Waals surface area contributed by atoms with Crippen molar-refractivity contribution in [1.29, 1.82) is 0 Å². The molecule has 0 atom stereocenters. The quantitative estimate of drug-likeness (QED) is 0.653.